The van der Waals surface area contributed by atoms with Crippen molar-refractivity contribution in [1.29, 1.82) is 0 Å². The molecule has 0 bridgehead atoms. The van der Waals surface area contributed by atoms with Gasteiger partial charge in [0.05, 0.1) is 5.41 Å². The monoisotopic (exact) mass is 238 g/mol. The molecule has 2 aliphatic rings. The number of nitrogens with zero attached hydrogens (tertiary/aromatic N) is 1. The fraction of sp³-hybridized carbons (Fsp3) is 0.929. The molecule has 3 nitrogen and oxygen atoms in total. The van der Waals surface area contributed by atoms with Gasteiger partial charge in [-0.15, -0.1) is 0 Å². The highest BCUT2D eigenvalue weighted by Crippen LogP contribution is 2.31. The zero-order chi connectivity index (χ0) is 12.5. The van der Waals surface area contributed by atoms with Crippen LogP contribution in [0.5, 0.6) is 0 Å². The molecule has 0 aromatic heterocycles. The maximum Gasteiger partial charge on any atom is 0.229 e. The summed E-state index contributed by atoms with van der Waals surface area (Å²) >= 11 is 0. The summed E-state index contributed by atoms with van der Waals surface area (Å²) in [5, 5.41) is 3.31. The van der Waals surface area contributed by atoms with Crippen molar-refractivity contribution < 1.29 is 4.79 Å². The first-order valence-corrected chi connectivity index (χ1v) is 7.03. The van der Waals surface area contributed by atoms with Crippen molar-refractivity contribution >= 4 is 5.91 Å². The van der Waals surface area contributed by atoms with Crippen molar-refractivity contribution in [2.45, 2.75) is 40.0 Å². The highest BCUT2D eigenvalue weighted by Gasteiger charge is 2.40. The van der Waals surface area contributed by atoms with E-state index in [-0.39, 0.29) is 5.41 Å². The number of hydrogen-bond acceptors (Lipinski definition) is 2. The van der Waals surface area contributed by atoms with E-state index in [1.54, 1.807) is 0 Å². The summed E-state index contributed by atoms with van der Waals surface area (Å²) in [6, 6.07) is 0. The Hall–Kier alpha value is -0.570. The topological polar surface area (TPSA) is 32.3 Å². The van der Waals surface area contributed by atoms with Gasteiger partial charge in [0.1, 0.15) is 0 Å². The summed E-state index contributed by atoms with van der Waals surface area (Å²) in [7, 11) is 0. The average Bonchev–Trinajstić information content (AvgIpc) is 2.76. The fourth-order valence-electron chi connectivity index (χ4n) is 3.15. The summed E-state index contributed by atoms with van der Waals surface area (Å²) in [4.78, 5) is 14.6. The van der Waals surface area contributed by atoms with E-state index in [0.717, 1.165) is 44.4 Å². The molecule has 2 aliphatic heterocycles. The van der Waals surface area contributed by atoms with E-state index in [1.165, 1.54) is 12.8 Å². The van der Waals surface area contributed by atoms with E-state index in [2.05, 4.69) is 31.0 Å². The SMILES string of the molecule is CC(C)C1CCN(C(=O)C2(C)CCNC2)CC1. The first kappa shape index (κ1) is 12.9. The smallest absolute Gasteiger partial charge is 0.229 e. The van der Waals surface area contributed by atoms with Gasteiger partial charge in [-0.05, 0) is 44.6 Å². The molecule has 1 amide bonds. The Bertz CT molecular complexity index is 274. The molecule has 1 atom stereocenters. The van der Waals surface area contributed by atoms with Crippen molar-refractivity contribution in [3.63, 3.8) is 0 Å². The molecule has 1 unspecified atom stereocenters. The van der Waals surface area contributed by atoms with Crippen molar-refractivity contribution in [2.24, 2.45) is 17.3 Å². The van der Waals surface area contributed by atoms with Gasteiger partial charge in [-0.2, -0.15) is 0 Å². The van der Waals surface area contributed by atoms with Gasteiger partial charge in [-0.1, -0.05) is 13.8 Å². The van der Waals surface area contributed by atoms with Crippen LogP contribution in [0.25, 0.3) is 0 Å². The summed E-state index contributed by atoms with van der Waals surface area (Å²) in [6.07, 6.45) is 3.37. The summed E-state index contributed by atoms with van der Waals surface area (Å²) in [5.41, 5.74) is -0.134. The molecule has 2 fully saturated rings. The molecule has 2 rings (SSSR count). The Morgan fingerprint density at radius 1 is 1.35 bits per heavy atom. The van der Waals surface area contributed by atoms with E-state index >= 15 is 0 Å². The second-order valence-corrected chi connectivity index (χ2v) is 6.36. The molecular formula is C14H26N2O. The Morgan fingerprint density at radius 3 is 2.47 bits per heavy atom. The van der Waals surface area contributed by atoms with Crippen LogP contribution in [0.4, 0.5) is 0 Å². The lowest BCUT2D eigenvalue weighted by Gasteiger charge is -2.37. The average molecular weight is 238 g/mol. The molecule has 0 aliphatic carbocycles. The number of rotatable bonds is 2. The zero-order valence-electron chi connectivity index (χ0n) is 11.5. The van der Waals surface area contributed by atoms with Crippen LogP contribution in [-0.2, 0) is 4.79 Å². The molecular weight excluding hydrogens is 212 g/mol. The lowest BCUT2D eigenvalue weighted by atomic mass is 9.84. The predicted octanol–water partition coefficient (Wildman–Crippen LogP) is 1.88. The minimum Gasteiger partial charge on any atom is -0.342 e. The Kier molecular flexibility index (Phi) is 3.76. The second kappa shape index (κ2) is 4.97. The molecule has 1 N–H and O–H groups in total. The van der Waals surface area contributed by atoms with Crippen LogP contribution < -0.4 is 5.32 Å². The van der Waals surface area contributed by atoms with Crippen LogP contribution in [0.2, 0.25) is 0 Å². The minimum absolute atomic E-state index is 0.134. The largest absolute Gasteiger partial charge is 0.342 e. The Labute approximate surface area is 105 Å². The lowest BCUT2D eigenvalue weighted by molar-refractivity contribution is -0.141. The molecule has 17 heavy (non-hydrogen) atoms. The normalized spacial score (nSPS) is 31.2. The van der Waals surface area contributed by atoms with Gasteiger partial charge in [-0.25, -0.2) is 0 Å². The van der Waals surface area contributed by atoms with Crippen LogP contribution in [-0.4, -0.2) is 37.0 Å². The number of amides is 1. The van der Waals surface area contributed by atoms with Crippen LogP contribution in [0, 0.1) is 17.3 Å². The third kappa shape index (κ3) is 2.65. The molecule has 0 radical (unpaired) electrons. The van der Waals surface area contributed by atoms with Crippen molar-refractivity contribution in [3.8, 4) is 0 Å². The van der Waals surface area contributed by atoms with Crippen molar-refractivity contribution in [3.05, 3.63) is 0 Å². The van der Waals surface area contributed by atoms with Gasteiger partial charge < -0.3 is 10.2 Å². The number of piperidine rings is 1. The first-order valence-electron chi connectivity index (χ1n) is 7.03. The highest BCUT2D eigenvalue weighted by atomic mass is 16.2. The molecule has 98 valence electrons. The Morgan fingerprint density at radius 2 is 2.00 bits per heavy atom. The molecule has 0 spiro atoms. The van der Waals surface area contributed by atoms with Gasteiger partial charge in [0.25, 0.3) is 0 Å². The van der Waals surface area contributed by atoms with Gasteiger partial charge in [0.15, 0.2) is 0 Å². The van der Waals surface area contributed by atoms with E-state index in [4.69, 9.17) is 0 Å². The first-order chi connectivity index (χ1) is 8.03. The number of carbonyl (C=O) groups excluding carboxylic acids is 1. The van der Waals surface area contributed by atoms with Crippen LogP contribution in [0.15, 0.2) is 0 Å². The second-order valence-electron chi connectivity index (χ2n) is 6.36. The molecule has 3 heteroatoms. The maximum absolute atomic E-state index is 12.5. The van der Waals surface area contributed by atoms with Gasteiger partial charge >= 0.3 is 0 Å². The van der Waals surface area contributed by atoms with Crippen molar-refractivity contribution in [2.75, 3.05) is 26.2 Å². The number of likely N-dealkylation sites (tertiary alicyclic amines) is 1. The summed E-state index contributed by atoms with van der Waals surface area (Å²) in [5.74, 6) is 1.95. The molecule has 0 aromatic carbocycles. The number of carbonyl (C=O) groups is 1. The molecule has 0 saturated carbocycles. The number of nitrogens with one attached hydrogen (secondary N) is 1. The third-order valence-corrected chi connectivity index (χ3v) is 4.65. The van der Waals surface area contributed by atoms with Gasteiger partial charge in [-0.3, -0.25) is 4.79 Å². The fourth-order valence-corrected chi connectivity index (χ4v) is 3.15. The van der Waals surface area contributed by atoms with Crippen LogP contribution in [0.3, 0.4) is 0 Å². The summed E-state index contributed by atoms with van der Waals surface area (Å²) in [6.45, 7) is 10.5. The summed E-state index contributed by atoms with van der Waals surface area (Å²) < 4.78 is 0. The van der Waals surface area contributed by atoms with E-state index in [1.807, 2.05) is 0 Å². The van der Waals surface area contributed by atoms with E-state index < -0.39 is 0 Å². The third-order valence-electron chi connectivity index (χ3n) is 4.65. The molecule has 2 saturated heterocycles. The lowest BCUT2D eigenvalue weighted by Crippen LogP contribution is -2.47. The standard InChI is InChI=1S/C14H26N2O/c1-11(2)12-4-8-16(9-5-12)13(17)14(3)6-7-15-10-14/h11-12,15H,4-10H2,1-3H3. The quantitative estimate of drug-likeness (QED) is 0.796. The molecule has 2 heterocycles. The predicted molar refractivity (Wildman–Crippen MR) is 69.7 cm³/mol. The van der Waals surface area contributed by atoms with E-state index in [9.17, 15) is 4.79 Å². The van der Waals surface area contributed by atoms with Crippen molar-refractivity contribution in [1.82, 2.24) is 10.2 Å². The highest BCUT2D eigenvalue weighted by molar-refractivity contribution is 5.83. The molecule has 0 aromatic rings. The minimum atomic E-state index is -0.134. The zero-order valence-corrected chi connectivity index (χ0v) is 11.5. The maximum atomic E-state index is 12.5. The number of hydrogen-bond donors (Lipinski definition) is 1. The van der Waals surface area contributed by atoms with E-state index in [0.29, 0.717) is 5.91 Å². The van der Waals surface area contributed by atoms with Crippen LogP contribution >= 0.6 is 0 Å². The van der Waals surface area contributed by atoms with Crippen LogP contribution in [0.1, 0.15) is 40.0 Å². The van der Waals surface area contributed by atoms with Gasteiger partial charge in [0.2, 0.25) is 5.91 Å². The Balaban J connectivity index is 1.90. The van der Waals surface area contributed by atoms with Gasteiger partial charge in [0, 0.05) is 19.6 Å².